The van der Waals surface area contributed by atoms with Crippen molar-refractivity contribution >= 4 is 0 Å². The van der Waals surface area contributed by atoms with Gasteiger partial charge in [0.15, 0.2) is 0 Å². The van der Waals surface area contributed by atoms with E-state index >= 15 is 0 Å². The van der Waals surface area contributed by atoms with E-state index in [2.05, 4.69) is 13.8 Å². The van der Waals surface area contributed by atoms with Crippen LogP contribution in [0.5, 0.6) is 0 Å². The molecule has 1 aromatic rings. The van der Waals surface area contributed by atoms with E-state index in [-0.39, 0.29) is 16.9 Å². The summed E-state index contributed by atoms with van der Waals surface area (Å²) in [6.07, 6.45) is -1.98. The highest BCUT2D eigenvalue weighted by Gasteiger charge is 2.38. The van der Waals surface area contributed by atoms with Crippen molar-refractivity contribution in [2.24, 2.45) is 11.3 Å². The van der Waals surface area contributed by atoms with Crippen LogP contribution in [0.3, 0.4) is 0 Å². The lowest BCUT2D eigenvalue weighted by Crippen LogP contribution is -2.26. The van der Waals surface area contributed by atoms with Gasteiger partial charge in [0, 0.05) is 0 Å². The molecule has 0 aliphatic heterocycles. The van der Waals surface area contributed by atoms with Gasteiger partial charge in [0.05, 0.1) is 11.7 Å². The molecule has 0 aromatic heterocycles. The van der Waals surface area contributed by atoms with Crippen LogP contribution in [0.25, 0.3) is 0 Å². The Balaban J connectivity index is 2.20. The molecule has 4 heteroatoms. The third-order valence-corrected chi connectivity index (χ3v) is 4.42. The van der Waals surface area contributed by atoms with Crippen molar-refractivity contribution in [3.63, 3.8) is 0 Å². The Morgan fingerprint density at radius 1 is 1.15 bits per heavy atom. The zero-order valence-corrected chi connectivity index (χ0v) is 11.9. The SMILES string of the molecule is CC1(C)CCC(C(O)c2ccccc2C(F)(F)F)CC1. The quantitative estimate of drug-likeness (QED) is 0.815. The smallest absolute Gasteiger partial charge is 0.388 e. The molecule has 0 saturated heterocycles. The van der Waals surface area contributed by atoms with E-state index in [4.69, 9.17) is 0 Å². The van der Waals surface area contributed by atoms with Crippen LogP contribution < -0.4 is 0 Å². The molecule has 1 fully saturated rings. The summed E-state index contributed by atoms with van der Waals surface area (Å²) < 4.78 is 39.0. The van der Waals surface area contributed by atoms with Gasteiger partial charge in [-0.15, -0.1) is 0 Å². The zero-order valence-electron chi connectivity index (χ0n) is 11.9. The van der Waals surface area contributed by atoms with Gasteiger partial charge >= 0.3 is 6.18 Å². The third-order valence-electron chi connectivity index (χ3n) is 4.42. The van der Waals surface area contributed by atoms with E-state index in [1.165, 1.54) is 12.1 Å². The minimum atomic E-state index is -4.41. The summed E-state index contributed by atoms with van der Waals surface area (Å²) in [5.74, 6) is -0.0773. The first-order valence-electron chi connectivity index (χ1n) is 7.05. The second-order valence-electron chi connectivity index (χ2n) is 6.53. The van der Waals surface area contributed by atoms with Gasteiger partial charge in [-0.2, -0.15) is 13.2 Å². The maximum atomic E-state index is 13.0. The molecule has 112 valence electrons. The van der Waals surface area contributed by atoms with Crippen molar-refractivity contribution in [1.29, 1.82) is 0 Å². The second kappa shape index (κ2) is 5.40. The van der Waals surface area contributed by atoms with Crippen molar-refractivity contribution in [2.75, 3.05) is 0 Å². The van der Waals surface area contributed by atoms with Crippen LogP contribution in [-0.4, -0.2) is 5.11 Å². The Morgan fingerprint density at radius 3 is 2.25 bits per heavy atom. The number of halogens is 3. The molecular weight excluding hydrogens is 265 g/mol. The molecule has 1 atom stereocenters. The fourth-order valence-corrected chi connectivity index (χ4v) is 3.00. The summed E-state index contributed by atoms with van der Waals surface area (Å²) in [7, 11) is 0. The van der Waals surface area contributed by atoms with E-state index < -0.39 is 17.8 Å². The normalized spacial score (nSPS) is 21.7. The van der Waals surface area contributed by atoms with Crippen molar-refractivity contribution in [2.45, 2.75) is 51.8 Å². The Hall–Kier alpha value is -1.03. The van der Waals surface area contributed by atoms with Gasteiger partial charge in [-0.05, 0) is 48.6 Å². The molecule has 1 aromatic carbocycles. The van der Waals surface area contributed by atoms with Crippen molar-refractivity contribution in [1.82, 2.24) is 0 Å². The van der Waals surface area contributed by atoms with Crippen molar-refractivity contribution in [3.8, 4) is 0 Å². The molecule has 1 unspecified atom stereocenters. The predicted molar refractivity (Wildman–Crippen MR) is 72.1 cm³/mol. The molecule has 0 radical (unpaired) electrons. The van der Waals surface area contributed by atoms with Gasteiger partial charge in [0.25, 0.3) is 0 Å². The molecule has 2 rings (SSSR count). The van der Waals surface area contributed by atoms with E-state index in [9.17, 15) is 18.3 Å². The van der Waals surface area contributed by atoms with E-state index in [0.717, 1.165) is 31.7 Å². The van der Waals surface area contributed by atoms with Crippen LogP contribution in [0.4, 0.5) is 13.2 Å². The van der Waals surface area contributed by atoms with Crippen molar-refractivity contribution in [3.05, 3.63) is 35.4 Å². The van der Waals surface area contributed by atoms with Crippen LogP contribution in [-0.2, 0) is 6.18 Å². The first-order valence-corrected chi connectivity index (χ1v) is 7.05. The molecule has 0 spiro atoms. The van der Waals surface area contributed by atoms with E-state index in [1.54, 1.807) is 6.07 Å². The highest BCUT2D eigenvalue weighted by molar-refractivity contribution is 5.32. The molecule has 1 aliphatic rings. The van der Waals surface area contributed by atoms with Crippen LogP contribution in [0.15, 0.2) is 24.3 Å². The first kappa shape index (κ1) is 15.4. The third kappa shape index (κ3) is 3.35. The Morgan fingerprint density at radius 2 is 1.70 bits per heavy atom. The molecule has 1 aliphatic carbocycles. The van der Waals surface area contributed by atoms with Gasteiger partial charge in [-0.25, -0.2) is 0 Å². The lowest BCUT2D eigenvalue weighted by Gasteiger charge is -2.36. The van der Waals surface area contributed by atoms with Crippen LogP contribution in [0, 0.1) is 11.3 Å². The van der Waals surface area contributed by atoms with E-state index in [1.807, 2.05) is 0 Å². The van der Waals surface area contributed by atoms with Crippen LogP contribution in [0.2, 0.25) is 0 Å². The average Bonchev–Trinajstić information content (AvgIpc) is 2.37. The topological polar surface area (TPSA) is 20.2 Å². The fourth-order valence-electron chi connectivity index (χ4n) is 3.00. The average molecular weight is 286 g/mol. The summed E-state index contributed by atoms with van der Waals surface area (Å²) in [6.45, 7) is 4.33. The van der Waals surface area contributed by atoms with Gasteiger partial charge in [-0.3, -0.25) is 0 Å². The number of rotatable bonds is 2. The number of hydrogen-bond donors (Lipinski definition) is 1. The maximum absolute atomic E-state index is 13.0. The number of aliphatic hydroxyl groups excluding tert-OH is 1. The summed E-state index contributed by atoms with van der Waals surface area (Å²) in [5, 5.41) is 10.4. The molecule has 1 saturated carbocycles. The summed E-state index contributed by atoms with van der Waals surface area (Å²) in [6, 6.07) is 5.36. The lowest BCUT2D eigenvalue weighted by molar-refractivity contribution is -0.139. The standard InChI is InChI=1S/C16H21F3O/c1-15(2)9-7-11(8-10-15)14(20)12-5-3-4-6-13(12)16(17,18)19/h3-6,11,14,20H,7-10H2,1-2H3. The summed E-state index contributed by atoms with van der Waals surface area (Å²) in [4.78, 5) is 0. The molecule has 1 nitrogen and oxygen atoms in total. The van der Waals surface area contributed by atoms with Crippen molar-refractivity contribution < 1.29 is 18.3 Å². The van der Waals surface area contributed by atoms with Crippen LogP contribution >= 0.6 is 0 Å². The number of aliphatic hydroxyl groups is 1. The lowest BCUT2D eigenvalue weighted by atomic mass is 9.70. The van der Waals surface area contributed by atoms with Gasteiger partial charge in [0.2, 0.25) is 0 Å². The van der Waals surface area contributed by atoms with Gasteiger partial charge in [0.1, 0.15) is 0 Å². The predicted octanol–water partition coefficient (Wildman–Crippen LogP) is 4.96. The minimum Gasteiger partial charge on any atom is -0.388 e. The van der Waals surface area contributed by atoms with E-state index in [0.29, 0.717) is 0 Å². The number of alkyl halides is 3. The Bertz CT molecular complexity index is 455. The number of hydrogen-bond acceptors (Lipinski definition) is 1. The largest absolute Gasteiger partial charge is 0.416 e. The monoisotopic (exact) mass is 286 g/mol. The highest BCUT2D eigenvalue weighted by Crippen LogP contribution is 2.44. The Labute approximate surface area is 117 Å². The van der Waals surface area contributed by atoms with Gasteiger partial charge < -0.3 is 5.11 Å². The molecule has 0 heterocycles. The minimum absolute atomic E-state index is 0.0182. The first-order chi connectivity index (χ1) is 9.21. The molecular formula is C16H21F3O. The Kier molecular flexibility index (Phi) is 4.14. The van der Waals surface area contributed by atoms with Crippen LogP contribution in [0.1, 0.15) is 56.8 Å². The fraction of sp³-hybridized carbons (Fsp3) is 0.625. The summed E-state index contributed by atoms with van der Waals surface area (Å²) in [5.41, 5.74) is -0.457. The highest BCUT2D eigenvalue weighted by atomic mass is 19.4. The maximum Gasteiger partial charge on any atom is 0.416 e. The number of benzene rings is 1. The zero-order chi connectivity index (χ0) is 15.0. The molecule has 0 bridgehead atoms. The molecule has 0 amide bonds. The summed E-state index contributed by atoms with van der Waals surface area (Å²) >= 11 is 0. The second-order valence-corrected chi connectivity index (χ2v) is 6.53. The molecule has 20 heavy (non-hydrogen) atoms. The molecule has 1 N–H and O–H groups in total. The van der Waals surface area contributed by atoms with Gasteiger partial charge in [-0.1, -0.05) is 32.0 Å².